The Morgan fingerprint density at radius 2 is 1.78 bits per heavy atom. The standard InChI is InChI=1S/C21H30N2O3S/c24-20(10-9-18-7-3-1-4-8-18)23-16-21(17-23)19(11-14-27(21,25)26)15-22-12-5-2-6-13-22/h1,3-4,7-8,19H,2,5-6,9-17H2. The van der Waals surface area contributed by atoms with Gasteiger partial charge in [-0.25, -0.2) is 8.42 Å². The highest BCUT2D eigenvalue weighted by Gasteiger charge is 2.62. The first-order chi connectivity index (χ1) is 13.0. The van der Waals surface area contributed by atoms with E-state index in [2.05, 4.69) is 4.90 Å². The molecule has 1 aromatic rings. The molecule has 0 aromatic heterocycles. The Hall–Kier alpha value is -1.40. The lowest BCUT2D eigenvalue weighted by Gasteiger charge is -2.51. The van der Waals surface area contributed by atoms with Crippen LogP contribution in [0.25, 0.3) is 0 Å². The van der Waals surface area contributed by atoms with Gasteiger partial charge in [-0.15, -0.1) is 0 Å². The molecule has 5 nitrogen and oxygen atoms in total. The molecule has 1 unspecified atom stereocenters. The van der Waals surface area contributed by atoms with Gasteiger partial charge in [0.15, 0.2) is 9.84 Å². The Morgan fingerprint density at radius 3 is 2.48 bits per heavy atom. The highest BCUT2D eigenvalue weighted by atomic mass is 32.2. The fourth-order valence-electron chi connectivity index (χ4n) is 5.01. The van der Waals surface area contributed by atoms with Crippen molar-refractivity contribution in [2.75, 3.05) is 38.5 Å². The van der Waals surface area contributed by atoms with E-state index in [1.54, 1.807) is 4.90 Å². The molecule has 3 aliphatic heterocycles. The first-order valence-electron chi connectivity index (χ1n) is 10.3. The molecule has 1 spiro atoms. The molecule has 0 N–H and O–H groups in total. The van der Waals surface area contributed by atoms with Crippen LogP contribution in [0.15, 0.2) is 30.3 Å². The van der Waals surface area contributed by atoms with Gasteiger partial charge in [0.25, 0.3) is 0 Å². The average molecular weight is 391 g/mol. The lowest BCUT2D eigenvalue weighted by atomic mass is 9.82. The van der Waals surface area contributed by atoms with E-state index in [0.29, 0.717) is 25.9 Å². The van der Waals surface area contributed by atoms with Crippen molar-refractivity contribution in [2.45, 2.75) is 43.3 Å². The van der Waals surface area contributed by atoms with Crippen LogP contribution < -0.4 is 0 Å². The molecule has 4 rings (SSSR count). The lowest BCUT2D eigenvalue weighted by molar-refractivity contribution is -0.137. The second-order valence-electron chi connectivity index (χ2n) is 8.47. The molecule has 1 aromatic carbocycles. The quantitative estimate of drug-likeness (QED) is 0.773. The summed E-state index contributed by atoms with van der Waals surface area (Å²) in [5.41, 5.74) is 1.15. The second-order valence-corrected chi connectivity index (χ2v) is 10.9. The summed E-state index contributed by atoms with van der Waals surface area (Å²) < 4.78 is 24.9. The molecular weight excluding hydrogens is 360 g/mol. The molecule has 1 atom stereocenters. The van der Waals surface area contributed by atoms with E-state index in [0.717, 1.165) is 31.6 Å². The molecule has 3 aliphatic rings. The Labute approximate surface area is 162 Å². The minimum Gasteiger partial charge on any atom is -0.339 e. The predicted octanol–water partition coefficient (Wildman–Crippen LogP) is 2.12. The maximum atomic E-state index is 12.8. The molecule has 6 heteroatoms. The van der Waals surface area contributed by atoms with Crippen LogP contribution in [0.5, 0.6) is 0 Å². The molecule has 0 saturated carbocycles. The largest absolute Gasteiger partial charge is 0.339 e. The highest BCUT2D eigenvalue weighted by molar-refractivity contribution is 7.93. The fraction of sp³-hybridized carbons (Fsp3) is 0.667. The minimum atomic E-state index is -3.10. The molecule has 0 bridgehead atoms. The SMILES string of the molecule is O=C(CCc1ccccc1)N1CC2(C1)C(CN1CCCCC1)CCS2(=O)=O. The van der Waals surface area contributed by atoms with E-state index >= 15 is 0 Å². The van der Waals surface area contributed by atoms with E-state index in [1.165, 1.54) is 19.3 Å². The van der Waals surface area contributed by atoms with Gasteiger partial charge >= 0.3 is 0 Å². The molecule has 3 saturated heterocycles. The monoisotopic (exact) mass is 390 g/mol. The molecule has 1 amide bonds. The zero-order chi connectivity index (χ0) is 18.9. The molecule has 0 aliphatic carbocycles. The molecule has 0 radical (unpaired) electrons. The highest BCUT2D eigenvalue weighted by Crippen LogP contribution is 2.45. The van der Waals surface area contributed by atoms with Gasteiger partial charge in [-0.1, -0.05) is 36.8 Å². The van der Waals surface area contributed by atoms with Crippen LogP contribution in [-0.4, -0.2) is 67.3 Å². The smallest absolute Gasteiger partial charge is 0.223 e. The number of piperidine rings is 1. The summed E-state index contributed by atoms with van der Waals surface area (Å²) in [6.07, 6.45) is 5.65. The van der Waals surface area contributed by atoms with Gasteiger partial charge in [0, 0.05) is 26.1 Å². The number of nitrogens with zero attached hydrogens (tertiary/aromatic N) is 2. The fourth-order valence-corrected chi connectivity index (χ4v) is 7.42. The Balaban J connectivity index is 1.36. The number of benzene rings is 1. The summed E-state index contributed by atoms with van der Waals surface area (Å²) in [6, 6.07) is 9.99. The Morgan fingerprint density at radius 1 is 1.07 bits per heavy atom. The summed E-state index contributed by atoms with van der Waals surface area (Å²) in [7, 11) is -3.10. The van der Waals surface area contributed by atoms with E-state index in [-0.39, 0.29) is 17.6 Å². The predicted molar refractivity (Wildman–Crippen MR) is 106 cm³/mol. The normalized spacial score (nSPS) is 26.8. The number of rotatable bonds is 5. The van der Waals surface area contributed by atoms with E-state index < -0.39 is 14.6 Å². The van der Waals surface area contributed by atoms with Crippen molar-refractivity contribution in [1.82, 2.24) is 9.80 Å². The van der Waals surface area contributed by atoms with Crippen LogP contribution >= 0.6 is 0 Å². The minimum absolute atomic E-state index is 0.0864. The lowest BCUT2D eigenvalue weighted by Crippen LogP contribution is -2.69. The zero-order valence-corrected chi connectivity index (χ0v) is 16.8. The Kier molecular flexibility index (Phi) is 5.30. The van der Waals surface area contributed by atoms with Crippen LogP contribution in [0.3, 0.4) is 0 Å². The van der Waals surface area contributed by atoms with Gasteiger partial charge in [0.05, 0.1) is 5.75 Å². The van der Waals surface area contributed by atoms with E-state index in [9.17, 15) is 13.2 Å². The topological polar surface area (TPSA) is 57.7 Å². The number of amides is 1. The zero-order valence-electron chi connectivity index (χ0n) is 16.0. The maximum Gasteiger partial charge on any atom is 0.223 e. The van der Waals surface area contributed by atoms with Crippen molar-refractivity contribution in [3.8, 4) is 0 Å². The molecule has 27 heavy (non-hydrogen) atoms. The molecule has 3 fully saturated rings. The third kappa shape index (κ3) is 3.66. The van der Waals surface area contributed by atoms with Gasteiger partial charge in [0.1, 0.15) is 4.75 Å². The van der Waals surface area contributed by atoms with E-state index in [1.807, 2.05) is 30.3 Å². The van der Waals surface area contributed by atoms with Gasteiger partial charge < -0.3 is 9.80 Å². The van der Waals surface area contributed by atoms with Crippen molar-refractivity contribution in [2.24, 2.45) is 5.92 Å². The maximum absolute atomic E-state index is 12.8. The number of aryl methyl sites for hydroxylation is 1. The van der Waals surface area contributed by atoms with Crippen molar-refractivity contribution < 1.29 is 13.2 Å². The third-order valence-corrected chi connectivity index (χ3v) is 9.37. The van der Waals surface area contributed by atoms with Gasteiger partial charge in [-0.05, 0) is 50.3 Å². The van der Waals surface area contributed by atoms with Crippen molar-refractivity contribution in [1.29, 1.82) is 0 Å². The van der Waals surface area contributed by atoms with Crippen LogP contribution in [0.4, 0.5) is 0 Å². The number of carbonyl (C=O) groups is 1. The first-order valence-corrected chi connectivity index (χ1v) is 11.9. The summed E-state index contributed by atoms with van der Waals surface area (Å²) in [5, 5.41) is 0. The summed E-state index contributed by atoms with van der Waals surface area (Å²) in [5.74, 6) is 0.555. The number of hydrogen-bond donors (Lipinski definition) is 0. The molecule has 3 heterocycles. The van der Waals surface area contributed by atoms with Crippen molar-refractivity contribution in [3.63, 3.8) is 0 Å². The van der Waals surface area contributed by atoms with Crippen LogP contribution in [-0.2, 0) is 21.1 Å². The van der Waals surface area contributed by atoms with Gasteiger partial charge in [0.2, 0.25) is 5.91 Å². The van der Waals surface area contributed by atoms with Crippen LogP contribution in [0.1, 0.15) is 37.7 Å². The number of sulfone groups is 1. The number of likely N-dealkylation sites (tertiary alicyclic amines) is 2. The van der Waals surface area contributed by atoms with Gasteiger partial charge in [-0.3, -0.25) is 4.79 Å². The second kappa shape index (κ2) is 7.55. The Bertz CT molecular complexity index is 766. The van der Waals surface area contributed by atoms with Gasteiger partial charge in [-0.2, -0.15) is 0 Å². The first kappa shape index (κ1) is 18.9. The summed E-state index contributed by atoms with van der Waals surface area (Å²) in [4.78, 5) is 16.8. The molecular formula is C21H30N2O3S. The molecule has 148 valence electrons. The summed E-state index contributed by atoms with van der Waals surface area (Å²) >= 11 is 0. The van der Waals surface area contributed by atoms with Crippen molar-refractivity contribution in [3.05, 3.63) is 35.9 Å². The van der Waals surface area contributed by atoms with Crippen LogP contribution in [0, 0.1) is 5.92 Å². The van der Waals surface area contributed by atoms with Crippen molar-refractivity contribution >= 4 is 15.7 Å². The average Bonchev–Trinajstić information content (AvgIpc) is 2.91. The van der Waals surface area contributed by atoms with Crippen LogP contribution in [0.2, 0.25) is 0 Å². The number of carbonyl (C=O) groups excluding carboxylic acids is 1. The summed E-state index contributed by atoms with van der Waals surface area (Å²) in [6.45, 7) is 3.87. The number of hydrogen-bond acceptors (Lipinski definition) is 4. The third-order valence-electron chi connectivity index (χ3n) is 6.77. The van der Waals surface area contributed by atoms with E-state index in [4.69, 9.17) is 0 Å².